The van der Waals surface area contributed by atoms with Crippen LogP contribution >= 0.6 is 0 Å². The molecule has 3 heteroatoms. The molecule has 0 aliphatic carbocycles. The Hall–Kier alpha value is -1.61. The van der Waals surface area contributed by atoms with E-state index in [2.05, 4.69) is 36.5 Å². The lowest BCUT2D eigenvalue weighted by Crippen LogP contribution is -2.29. The van der Waals surface area contributed by atoms with Gasteiger partial charge in [-0.05, 0) is 56.0 Å². The van der Waals surface area contributed by atoms with Crippen molar-refractivity contribution in [3.8, 4) is 0 Å². The van der Waals surface area contributed by atoms with Crippen LogP contribution in [-0.4, -0.2) is 37.5 Å². The van der Waals surface area contributed by atoms with E-state index in [1.165, 1.54) is 5.56 Å². The average molecular weight is 286 g/mol. The number of nitrogens with zero attached hydrogens (tertiary/aromatic N) is 1. The maximum atomic E-state index is 12.3. The molecule has 1 fully saturated rings. The molecule has 1 unspecified atom stereocenters. The van der Waals surface area contributed by atoms with Gasteiger partial charge in [-0.15, -0.1) is 0 Å². The van der Waals surface area contributed by atoms with Gasteiger partial charge in [0.2, 0.25) is 5.91 Å². The normalized spacial score (nSPS) is 19.1. The molecular weight excluding hydrogens is 260 g/mol. The largest absolute Gasteiger partial charge is 0.339 e. The standard InChI is InChI=1S/C18H26N2O/c1-4-15-5-7-17(8-6-15)14(2)11-18(21)20-10-9-16(13-20)12-19-3/h5-8,11,16,19H,4,9-10,12-13H2,1-3H3. The van der Waals surface area contributed by atoms with Gasteiger partial charge in [0.1, 0.15) is 0 Å². The number of nitrogens with one attached hydrogen (secondary N) is 1. The highest BCUT2D eigenvalue weighted by atomic mass is 16.2. The minimum atomic E-state index is 0.144. The quantitative estimate of drug-likeness (QED) is 0.844. The van der Waals surface area contributed by atoms with Gasteiger partial charge in [0.25, 0.3) is 0 Å². The van der Waals surface area contributed by atoms with E-state index in [0.29, 0.717) is 5.92 Å². The highest BCUT2D eigenvalue weighted by molar-refractivity contribution is 5.95. The molecule has 21 heavy (non-hydrogen) atoms. The lowest BCUT2D eigenvalue weighted by atomic mass is 10.0. The van der Waals surface area contributed by atoms with Crippen molar-refractivity contribution in [1.29, 1.82) is 0 Å². The molecule has 114 valence electrons. The van der Waals surface area contributed by atoms with Crippen LogP contribution < -0.4 is 5.32 Å². The Morgan fingerprint density at radius 1 is 1.38 bits per heavy atom. The van der Waals surface area contributed by atoms with E-state index < -0.39 is 0 Å². The van der Waals surface area contributed by atoms with Crippen LogP contribution in [0.2, 0.25) is 0 Å². The zero-order chi connectivity index (χ0) is 15.2. The number of allylic oxidation sites excluding steroid dienone is 1. The Balaban J connectivity index is 1.99. The molecule has 1 N–H and O–H groups in total. The molecule has 0 spiro atoms. The lowest BCUT2D eigenvalue weighted by Gasteiger charge is -2.15. The monoisotopic (exact) mass is 286 g/mol. The van der Waals surface area contributed by atoms with E-state index in [4.69, 9.17) is 0 Å². The fourth-order valence-corrected chi connectivity index (χ4v) is 2.85. The topological polar surface area (TPSA) is 32.3 Å². The number of carbonyl (C=O) groups is 1. The second kappa shape index (κ2) is 7.41. The van der Waals surface area contributed by atoms with Gasteiger partial charge in [0, 0.05) is 19.2 Å². The number of likely N-dealkylation sites (tertiary alicyclic amines) is 1. The number of carbonyl (C=O) groups excluding carboxylic acids is 1. The molecule has 1 saturated heterocycles. The highest BCUT2D eigenvalue weighted by Gasteiger charge is 2.24. The lowest BCUT2D eigenvalue weighted by molar-refractivity contribution is -0.125. The third kappa shape index (κ3) is 4.18. The number of aryl methyl sites for hydroxylation is 1. The van der Waals surface area contributed by atoms with Gasteiger partial charge in [0.15, 0.2) is 0 Å². The Labute approximate surface area is 128 Å². The van der Waals surface area contributed by atoms with Gasteiger partial charge >= 0.3 is 0 Å². The smallest absolute Gasteiger partial charge is 0.246 e. The average Bonchev–Trinajstić information content (AvgIpc) is 2.96. The zero-order valence-corrected chi connectivity index (χ0v) is 13.4. The number of hydrogen-bond donors (Lipinski definition) is 1. The Kier molecular flexibility index (Phi) is 5.57. The predicted molar refractivity (Wildman–Crippen MR) is 88.1 cm³/mol. The summed E-state index contributed by atoms with van der Waals surface area (Å²) in [5.41, 5.74) is 3.50. The van der Waals surface area contributed by atoms with Crippen LogP contribution in [0.1, 0.15) is 31.4 Å². The molecule has 0 aromatic heterocycles. The Morgan fingerprint density at radius 2 is 2.10 bits per heavy atom. The van der Waals surface area contributed by atoms with Crippen molar-refractivity contribution < 1.29 is 4.79 Å². The van der Waals surface area contributed by atoms with Crippen molar-refractivity contribution in [2.45, 2.75) is 26.7 Å². The number of amides is 1. The van der Waals surface area contributed by atoms with Crippen molar-refractivity contribution in [3.05, 3.63) is 41.5 Å². The minimum Gasteiger partial charge on any atom is -0.339 e. The minimum absolute atomic E-state index is 0.144. The van der Waals surface area contributed by atoms with Gasteiger partial charge in [-0.3, -0.25) is 4.79 Å². The van der Waals surface area contributed by atoms with E-state index >= 15 is 0 Å². The number of rotatable bonds is 5. The van der Waals surface area contributed by atoms with Crippen molar-refractivity contribution in [1.82, 2.24) is 10.2 Å². The van der Waals surface area contributed by atoms with Gasteiger partial charge in [-0.25, -0.2) is 0 Å². The van der Waals surface area contributed by atoms with Crippen LogP contribution in [0, 0.1) is 5.92 Å². The maximum absolute atomic E-state index is 12.3. The first-order valence-corrected chi connectivity index (χ1v) is 7.85. The first-order valence-electron chi connectivity index (χ1n) is 7.85. The van der Waals surface area contributed by atoms with Crippen molar-refractivity contribution in [3.63, 3.8) is 0 Å². The van der Waals surface area contributed by atoms with Crippen LogP contribution in [0.5, 0.6) is 0 Å². The van der Waals surface area contributed by atoms with Crippen LogP contribution in [0.15, 0.2) is 30.3 Å². The molecule has 1 atom stereocenters. The van der Waals surface area contributed by atoms with Crippen molar-refractivity contribution in [2.24, 2.45) is 5.92 Å². The van der Waals surface area contributed by atoms with Gasteiger partial charge in [-0.2, -0.15) is 0 Å². The van der Waals surface area contributed by atoms with Gasteiger partial charge in [-0.1, -0.05) is 31.2 Å². The van der Waals surface area contributed by atoms with Gasteiger partial charge < -0.3 is 10.2 Å². The second-order valence-corrected chi connectivity index (χ2v) is 5.87. The summed E-state index contributed by atoms with van der Waals surface area (Å²) in [6.07, 6.45) is 3.93. The number of hydrogen-bond acceptors (Lipinski definition) is 2. The van der Waals surface area contributed by atoms with Crippen molar-refractivity contribution >= 4 is 11.5 Å². The predicted octanol–water partition coefficient (Wildman–Crippen LogP) is 2.72. The van der Waals surface area contributed by atoms with E-state index in [1.807, 2.05) is 18.9 Å². The SMILES string of the molecule is CCc1ccc(C(C)=CC(=O)N2CCC(CNC)C2)cc1. The third-order valence-electron chi connectivity index (χ3n) is 4.25. The molecule has 1 amide bonds. The van der Waals surface area contributed by atoms with Crippen LogP contribution in [0.25, 0.3) is 5.57 Å². The van der Waals surface area contributed by atoms with Crippen LogP contribution in [0.3, 0.4) is 0 Å². The molecule has 3 nitrogen and oxygen atoms in total. The summed E-state index contributed by atoms with van der Waals surface area (Å²) in [5.74, 6) is 0.738. The third-order valence-corrected chi connectivity index (χ3v) is 4.25. The summed E-state index contributed by atoms with van der Waals surface area (Å²) in [5, 5.41) is 3.19. The Bertz CT molecular complexity index is 504. The molecule has 1 aliphatic rings. The van der Waals surface area contributed by atoms with Crippen LogP contribution in [0.4, 0.5) is 0 Å². The molecule has 1 aliphatic heterocycles. The molecule has 2 rings (SSSR count). The molecular formula is C18H26N2O. The fraction of sp³-hybridized carbons (Fsp3) is 0.500. The molecule has 0 bridgehead atoms. The summed E-state index contributed by atoms with van der Waals surface area (Å²) in [6, 6.07) is 8.48. The first kappa shape index (κ1) is 15.8. The second-order valence-electron chi connectivity index (χ2n) is 5.87. The molecule has 1 heterocycles. The van der Waals surface area contributed by atoms with Crippen LogP contribution in [-0.2, 0) is 11.2 Å². The summed E-state index contributed by atoms with van der Waals surface area (Å²) >= 11 is 0. The number of benzene rings is 1. The fourth-order valence-electron chi connectivity index (χ4n) is 2.85. The zero-order valence-electron chi connectivity index (χ0n) is 13.4. The van der Waals surface area contributed by atoms with E-state index in [-0.39, 0.29) is 5.91 Å². The molecule has 0 saturated carbocycles. The highest BCUT2D eigenvalue weighted by Crippen LogP contribution is 2.19. The van der Waals surface area contributed by atoms with Gasteiger partial charge in [0.05, 0.1) is 0 Å². The summed E-state index contributed by atoms with van der Waals surface area (Å²) in [6.45, 7) is 6.91. The first-order chi connectivity index (χ1) is 10.1. The summed E-state index contributed by atoms with van der Waals surface area (Å²) in [4.78, 5) is 14.3. The maximum Gasteiger partial charge on any atom is 0.246 e. The Morgan fingerprint density at radius 3 is 2.71 bits per heavy atom. The molecule has 1 aromatic carbocycles. The summed E-state index contributed by atoms with van der Waals surface area (Å²) < 4.78 is 0. The molecule has 0 radical (unpaired) electrons. The van der Waals surface area contributed by atoms with E-state index in [0.717, 1.165) is 43.6 Å². The van der Waals surface area contributed by atoms with Crippen molar-refractivity contribution in [2.75, 3.05) is 26.7 Å². The van der Waals surface area contributed by atoms with E-state index in [9.17, 15) is 4.79 Å². The summed E-state index contributed by atoms with van der Waals surface area (Å²) in [7, 11) is 1.97. The van der Waals surface area contributed by atoms with E-state index in [1.54, 1.807) is 6.08 Å². The molecule has 1 aromatic rings.